The van der Waals surface area contributed by atoms with E-state index in [1.54, 1.807) is 11.3 Å². The van der Waals surface area contributed by atoms with Gasteiger partial charge in [-0.2, -0.15) is 5.10 Å². The van der Waals surface area contributed by atoms with Crippen LogP contribution in [0.25, 0.3) is 10.7 Å². The zero-order valence-corrected chi connectivity index (χ0v) is 8.77. The molecule has 0 spiro atoms. The number of nitrogens with zero attached hydrogens (tertiary/aromatic N) is 2. The van der Waals surface area contributed by atoms with Gasteiger partial charge < -0.3 is 0 Å². The number of rotatable bonds is 2. The largest absolute Gasteiger partial charge is 0.262 e. The Kier molecular flexibility index (Phi) is 1.70. The highest BCUT2D eigenvalue weighted by molar-refractivity contribution is 7.13. The number of H-pyrrole nitrogens is 1. The molecule has 2 aromatic rings. The molecule has 3 nitrogen and oxygen atoms in total. The van der Waals surface area contributed by atoms with Crippen LogP contribution in [0.1, 0.15) is 30.1 Å². The molecule has 4 heteroatoms. The zero-order chi connectivity index (χ0) is 9.54. The third-order valence-electron chi connectivity index (χ3n) is 2.53. The van der Waals surface area contributed by atoms with Crippen molar-refractivity contribution in [1.82, 2.24) is 15.2 Å². The summed E-state index contributed by atoms with van der Waals surface area (Å²) in [5, 5.41) is 9.36. The van der Waals surface area contributed by atoms with Crippen molar-refractivity contribution in [1.29, 1.82) is 0 Å². The van der Waals surface area contributed by atoms with E-state index in [-0.39, 0.29) is 0 Å². The lowest BCUT2D eigenvalue weighted by atomic mass is 10.3. The van der Waals surface area contributed by atoms with Gasteiger partial charge in [0.25, 0.3) is 0 Å². The van der Waals surface area contributed by atoms with Crippen molar-refractivity contribution in [3.63, 3.8) is 0 Å². The lowest BCUT2D eigenvalue weighted by molar-refractivity contribution is 0.935. The van der Waals surface area contributed by atoms with Gasteiger partial charge in [-0.05, 0) is 36.8 Å². The van der Waals surface area contributed by atoms with Gasteiger partial charge in [0.05, 0.1) is 4.88 Å². The van der Waals surface area contributed by atoms with Crippen LogP contribution in [0, 0.1) is 6.92 Å². The van der Waals surface area contributed by atoms with E-state index in [0.29, 0.717) is 5.92 Å². The Bertz CT molecular complexity index is 453. The minimum atomic E-state index is 0.650. The molecule has 3 rings (SSSR count). The predicted octanol–water partition coefficient (Wildman–Crippen LogP) is 2.72. The highest BCUT2D eigenvalue weighted by Crippen LogP contribution is 2.38. The third-order valence-corrected chi connectivity index (χ3v) is 3.54. The molecule has 0 atom stereocenters. The summed E-state index contributed by atoms with van der Waals surface area (Å²) in [7, 11) is 0. The molecule has 0 aromatic carbocycles. The van der Waals surface area contributed by atoms with Crippen molar-refractivity contribution in [2.75, 3.05) is 0 Å². The number of thiophene rings is 1. The van der Waals surface area contributed by atoms with E-state index in [4.69, 9.17) is 0 Å². The van der Waals surface area contributed by atoms with E-state index in [0.717, 1.165) is 11.6 Å². The highest BCUT2D eigenvalue weighted by atomic mass is 32.1. The van der Waals surface area contributed by atoms with E-state index in [1.165, 1.54) is 23.3 Å². The monoisotopic (exact) mass is 205 g/mol. The standard InChI is InChI=1S/C10H11N3S/c1-6-4-5-14-8(6)10-11-9(12-13-10)7-2-3-7/h4-5,7H,2-3H2,1H3,(H,11,12,13). The Labute approximate surface area is 86.2 Å². The summed E-state index contributed by atoms with van der Waals surface area (Å²) in [6.45, 7) is 2.10. The van der Waals surface area contributed by atoms with Crippen LogP contribution >= 0.6 is 11.3 Å². The van der Waals surface area contributed by atoms with Gasteiger partial charge in [0.2, 0.25) is 0 Å². The topological polar surface area (TPSA) is 41.6 Å². The normalized spacial score (nSPS) is 16.1. The molecule has 2 heterocycles. The van der Waals surface area contributed by atoms with Gasteiger partial charge in [-0.3, -0.25) is 5.10 Å². The molecule has 72 valence electrons. The van der Waals surface area contributed by atoms with E-state index in [9.17, 15) is 0 Å². The summed E-state index contributed by atoms with van der Waals surface area (Å²) in [5.41, 5.74) is 1.26. The highest BCUT2D eigenvalue weighted by Gasteiger charge is 2.27. The maximum Gasteiger partial charge on any atom is 0.191 e. The first-order valence-corrected chi connectivity index (χ1v) is 5.69. The Hall–Kier alpha value is -1.16. The molecule has 1 aliphatic carbocycles. The molecule has 0 saturated heterocycles. The minimum Gasteiger partial charge on any atom is -0.262 e. The van der Waals surface area contributed by atoms with Gasteiger partial charge in [-0.15, -0.1) is 11.3 Å². The third kappa shape index (κ3) is 1.26. The number of aryl methyl sites for hydroxylation is 1. The van der Waals surface area contributed by atoms with Gasteiger partial charge in [-0.25, -0.2) is 4.98 Å². The molecule has 2 aromatic heterocycles. The summed E-state index contributed by atoms with van der Waals surface area (Å²) in [6.07, 6.45) is 2.52. The van der Waals surface area contributed by atoms with Crippen LogP contribution in [0.3, 0.4) is 0 Å². The average molecular weight is 205 g/mol. The minimum absolute atomic E-state index is 0.650. The van der Waals surface area contributed by atoms with Crippen LogP contribution < -0.4 is 0 Å². The van der Waals surface area contributed by atoms with Crippen molar-refractivity contribution in [2.45, 2.75) is 25.7 Å². The molecule has 0 radical (unpaired) electrons. The molecule has 0 unspecified atom stereocenters. The van der Waals surface area contributed by atoms with Crippen molar-refractivity contribution in [3.8, 4) is 10.7 Å². The van der Waals surface area contributed by atoms with Crippen LogP contribution in [0.2, 0.25) is 0 Å². The van der Waals surface area contributed by atoms with Crippen LogP contribution in [-0.2, 0) is 0 Å². The number of hydrogen-bond donors (Lipinski definition) is 1. The lowest BCUT2D eigenvalue weighted by Crippen LogP contribution is -1.81. The van der Waals surface area contributed by atoms with Crippen LogP contribution in [0.15, 0.2) is 11.4 Å². The summed E-state index contributed by atoms with van der Waals surface area (Å²) >= 11 is 1.70. The summed E-state index contributed by atoms with van der Waals surface area (Å²) < 4.78 is 0. The average Bonchev–Trinajstić information content (AvgIpc) is 2.75. The van der Waals surface area contributed by atoms with Crippen LogP contribution in [0.4, 0.5) is 0 Å². The van der Waals surface area contributed by atoms with Crippen LogP contribution in [0.5, 0.6) is 0 Å². The van der Waals surface area contributed by atoms with Crippen molar-refractivity contribution in [3.05, 3.63) is 22.8 Å². The molecule has 14 heavy (non-hydrogen) atoms. The molecule has 1 N–H and O–H groups in total. The first kappa shape index (κ1) is 8.17. The predicted molar refractivity (Wildman–Crippen MR) is 56.4 cm³/mol. The second kappa shape index (κ2) is 2.92. The van der Waals surface area contributed by atoms with E-state index in [2.05, 4.69) is 33.6 Å². The fraction of sp³-hybridized carbons (Fsp3) is 0.400. The molecule has 1 fully saturated rings. The molecule has 0 amide bonds. The van der Waals surface area contributed by atoms with Gasteiger partial charge in [0, 0.05) is 5.92 Å². The van der Waals surface area contributed by atoms with Gasteiger partial charge >= 0.3 is 0 Å². The Morgan fingerprint density at radius 2 is 2.36 bits per heavy atom. The fourth-order valence-electron chi connectivity index (χ4n) is 1.52. The van der Waals surface area contributed by atoms with Crippen LogP contribution in [-0.4, -0.2) is 15.2 Å². The Balaban J connectivity index is 1.99. The first-order valence-electron chi connectivity index (χ1n) is 4.81. The summed E-state index contributed by atoms with van der Waals surface area (Å²) in [4.78, 5) is 5.71. The number of aromatic amines is 1. The molecular weight excluding hydrogens is 194 g/mol. The van der Waals surface area contributed by atoms with Gasteiger partial charge in [-0.1, -0.05) is 0 Å². The Morgan fingerprint density at radius 3 is 3.00 bits per heavy atom. The quantitative estimate of drug-likeness (QED) is 0.819. The van der Waals surface area contributed by atoms with Gasteiger partial charge in [0.1, 0.15) is 5.82 Å². The van der Waals surface area contributed by atoms with Gasteiger partial charge in [0.15, 0.2) is 5.82 Å². The molecule has 1 saturated carbocycles. The maximum atomic E-state index is 4.52. The first-order chi connectivity index (χ1) is 6.84. The molecule has 0 bridgehead atoms. The Morgan fingerprint density at radius 1 is 1.50 bits per heavy atom. The van der Waals surface area contributed by atoms with E-state index < -0.39 is 0 Å². The number of hydrogen-bond acceptors (Lipinski definition) is 3. The molecular formula is C10H11N3S. The van der Waals surface area contributed by atoms with E-state index >= 15 is 0 Å². The molecule has 0 aliphatic heterocycles. The molecule has 1 aliphatic rings. The zero-order valence-electron chi connectivity index (χ0n) is 7.95. The number of aromatic nitrogens is 3. The smallest absolute Gasteiger partial charge is 0.191 e. The van der Waals surface area contributed by atoms with Crippen molar-refractivity contribution in [2.24, 2.45) is 0 Å². The lowest BCUT2D eigenvalue weighted by Gasteiger charge is -1.89. The SMILES string of the molecule is Cc1ccsc1-c1n[nH]c(C2CC2)n1. The van der Waals surface area contributed by atoms with Crippen molar-refractivity contribution >= 4 is 11.3 Å². The summed E-state index contributed by atoms with van der Waals surface area (Å²) in [5.74, 6) is 2.57. The van der Waals surface area contributed by atoms with E-state index in [1.807, 2.05) is 0 Å². The second-order valence-corrected chi connectivity index (χ2v) is 4.67. The maximum absolute atomic E-state index is 4.52. The number of nitrogens with one attached hydrogen (secondary N) is 1. The fourth-order valence-corrected chi connectivity index (χ4v) is 2.38. The summed E-state index contributed by atoms with van der Waals surface area (Å²) in [6, 6.07) is 2.10. The second-order valence-electron chi connectivity index (χ2n) is 3.75. The van der Waals surface area contributed by atoms with Crippen molar-refractivity contribution < 1.29 is 0 Å².